The van der Waals surface area contributed by atoms with E-state index in [4.69, 9.17) is 0 Å². The van der Waals surface area contributed by atoms with E-state index in [1.807, 2.05) is 6.07 Å². The van der Waals surface area contributed by atoms with E-state index in [9.17, 15) is 0 Å². The Morgan fingerprint density at radius 3 is 2.38 bits per heavy atom. The molecule has 1 radical (unpaired) electrons. The fraction of sp³-hybridized carbons (Fsp3) is 0.125. The summed E-state index contributed by atoms with van der Waals surface area (Å²) in [5.41, 5.74) is 5.38. The summed E-state index contributed by atoms with van der Waals surface area (Å²) in [6.07, 6.45) is 15.1. The summed E-state index contributed by atoms with van der Waals surface area (Å²) in [5.74, 6) is 0. The van der Waals surface area contributed by atoms with Crippen molar-refractivity contribution in [2.75, 3.05) is 0 Å². The van der Waals surface area contributed by atoms with E-state index in [0.29, 0.717) is 0 Å². The van der Waals surface area contributed by atoms with Gasteiger partial charge in [0.05, 0.1) is 0 Å². The van der Waals surface area contributed by atoms with Crippen molar-refractivity contribution >= 4 is 11.1 Å². The van der Waals surface area contributed by atoms with Crippen LogP contribution >= 0.6 is 0 Å². The van der Waals surface area contributed by atoms with Crippen LogP contribution in [0.25, 0.3) is 11.1 Å². The van der Waals surface area contributed by atoms with E-state index < -0.39 is 0 Å². The van der Waals surface area contributed by atoms with Crippen molar-refractivity contribution in [3.63, 3.8) is 0 Å². The van der Waals surface area contributed by atoms with E-state index in [0.717, 1.165) is 12.8 Å². The molecule has 77 valence electrons. The van der Waals surface area contributed by atoms with Gasteiger partial charge >= 0.3 is 0 Å². The van der Waals surface area contributed by atoms with Gasteiger partial charge in [-0.2, -0.15) is 0 Å². The molecule has 0 unspecified atom stereocenters. The molecular weight excluding hydrogens is 192 g/mol. The van der Waals surface area contributed by atoms with Crippen molar-refractivity contribution in [2.45, 2.75) is 12.8 Å². The molecule has 0 aromatic heterocycles. The van der Waals surface area contributed by atoms with Crippen LogP contribution in [-0.4, -0.2) is 0 Å². The number of allylic oxidation sites excluding steroid dienone is 8. The Labute approximate surface area is 96.3 Å². The highest BCUT2D eigenvalue weighted by molar-refractivity contribution is 5.83. The molecule has 0 nitrogen and oxygen atoms in total. The molecule has 0 N–H and O–H groups in total. The van der Waals surface area contributed by atoms with E-state index >= 15 is 0 Å². The summed E-state index contributed by atoms with van der Waals surface area (Å²) < 4.78 is 0. The van der Waals surface area contributed by atoms with Crippen LogP contribution in [0.2, 0.25) is 0 Å². The Morgan fingerprint density at radius 2 is 1.69 bits per heavy atom. The molecule has 1 aromatic carbocycles. The van der Waals surface area contributed by atoms with Gasteiger partial charge in [-0.15, -0.1) is 0 Å². The third kappa shape index (κ3) is 1.57. The first kappa shape index (κ1) is 9.41. The van der Waals surface area contributed by atoms with Crippen LogP contribution in [0.15, 0.2) is 54.7 Å². The molecule has 1 aromatic rings. The number of rotatable bonds is 2. The van der Waals surface area contributed by atoms with Crippen LogP contribution in [0.4, 0.5) is 0 Å². The smallest absolute Gasteiger partial charge is 0.00671 e. The van der Waals surface area contributed by atoms with Crippen LogP contribution in [0, 0.1) is 6.07 Å². The first-order valence-electron chi connectivity index (χ1n) is 5.68. The Kier molecular flexibility index (Phi) is 2.34. The molecule has 0 amide bonds. The summed E-state index contributed by atoms with van der Waals surface area (Å²) in [5, 5.41) is 0. The lowest BCUT2D eigenvalue weighted by Gasteiger charge is -2.10. The molecule has 2 aliphatic carbocycles. The Morgan fingerprint density at radius 1 is 0.938 bits per heavy atom. The minimum atomic E-state index is 1.04. The van der Waals surface area contributed by atoms with Crippen LogP contribution in [0.3, 0.4) is 0 Å². The van der Waals surface area contributed by atoms with Gasteiger partial charge in [0.25, 0.3) is 0 Å². The predicted molar refractivity (Wildman–Crippen MR) is 68.7 cm³/mol. The lowest BCUT2D eigenvalue weighted by Crippen LogP contribution is -1.91. The standard InChI is InChI=1S/C16H13/c1-2-8-13(7-1)15-11-5-6-12-16(15)14-9-3-4-10-14/h1-7,9,11H,8,10H2. The lowest BCUT2D eigenvalue weighted by molar-refractivity contribution is 1.37. The van der Waals surface area contributed by atoms with Crippen LogP contribution in [0.1, 0.15) is 24.0 Å². The predicted octanol–water partition coefficient (Wildman–Crippen LogP) is 4.17. The third-order valence-electron chi connectivity index (χ3n) is 3.07. The maximum Gasteiger partial charge on any atom is -0.00671 e. The summed E-state index contributed by atoms with van der Waals surface area (Å²) in [4.78, 5) is 0. The molecule has 0 heteroatoms. The number of hydrogen-bond donors (Lipinski definition) is 0. The van der Waals surface area contributed by atoms with Gasteiger partial charge in [0.1, 0.15) is 0 Å². The van der Waals surface area contributed by atoms with Gasteiger partial charge in [0.2, 0.25) is 0 Å². The minimum Gasteiger partial charge on any atom is -0.0801 e. The minimum absolute atomic E-state index is 1.04. The average Bonchev–Trinajstić information content (AvgIpc) is 3.03. The van der Waals surface area contributed by atoms with Gasteiger partial charge in [-0.05, 0) is 41.2 Å². The highest BCUT2D eigenvalue weighted by atomic mass is 14.2. The molecule has 0 saturated heterocycles. The highest BCUT2D eigenvalue weighted by Gasteiger charge is 2.12. The molecule has 2 aliphatic rings. The van der Waals surface area contributed by atoms with Crippen LogP contribution in [-0.2, 0) is 0 Å². The van der Waals surface area contributed by atoms with Crippen LogP contribution in [0.5, 0.6) is 0 Å². The van der Waals surface area contributed by atoms with Crippen molar-refractivity contribution in [3.8, 4) is 0 Å². The van der Waals surface area contributed by atoms with Gasteiger partial charge < -0.3 is 0 Å². The average molecular weight is 205 g/mol. The largest absolute Gasteiger partial charge is 0.0801 e. The maximum atomic E-state index is 3.38. The van der Waals surface area contributed by atoms with Gasteiger partial charge in [-0.3, -0.25) is 0 Å². The summed E-state index contributed by atoms with van der Waals surface area (Å²) in [6, 6.07) is 9.65. The third-order valence-corrected chi connectivity index (χ3v) is 3.07. The monoisotopic (exact) mass is 205 g/mol. The van der Waals surface area contributed by atoms with Gasteiger partial charge in [-0.25, -0.2) is 0 Å². The van der Waals surface area contributed by atoms with Gasteiger partial charge in [0.15, 0.2) is 0 Å². The second-order valence-electron chi connectivity index (χ2n) is 4.11. The second kappa shape index (κ2) is 3.97. The molecule has 0 spiro atoms. The fourth-order valence-electron chi connectivity index (χ4n) is 2.25. The number of hydrogen-bond acceptors (Lipinski definition) is 0. The van der Waals surface area contributed by atoms with Crippen LogP contribution < -0.4 is 0 Å². The maximum absolute atomic E-state index is 3.38. The zero-order valence-corrected chi connectivity index (χ0v) is 9.11. The SMILES string of the molecule is [c]1cccc(C2=CC=CC2)c1C1=CC=CC1. The molecule has 0 aliphatic heterocycles. The van der Waals surface area contributed by atoms with Crippen molar-refractivity contribution in [1.29, 1.82) is 0 Å². The van der Waals surface area contributed by atoms with Gasteiger partial charge in [0, 0.05) is 0 Å². The molecule has 3 rings (SSSR count). The summed E-state index contributed by atoms with van der Waals surface area (Å²) in [6.45, 7) is 0. The van der Waals surface area contributed by atoms with Crippen molar-refractivity contribution in [2.24, 2.45) is 0 Å². The fourth-order valence-corrected chi connectivity index (χ4v) is 2.25. The zero-order chi connectivity index (χ0) is 10.8. The topological polar surface area (TPSA) is 0 Å². The molecule has 0 saturated carbocycles. The van der Waals surface area contributed by atoms with E-state index in [1.54, 1.807) is 0 Å². The lowest BCUT2D eigenvalue weighted by atomic mass is 9.93. The van der Waals surface area contributed by atoms with Gasteiger partial charge in [-0.1, -0.05) is 54.7 Å². The first-order chi connectivity index (χ1) is 7.95. The second-order valence-corrected chi connectivity index (χ2v) is 4.11. The summed E-state index contributed by atoms with van der Waals surface area (Å²) >= 11 is 0. The summed E-state index contributed by atoms with van der Waals surface area (Å²) in [7, 11) is 0. The van der Waals surface area contributed by atoms with E-state index in [-0.39, 0.29) is 0 Å². The van der Waals surface area contributed by atoms with E-state index in [2.05, 4.69) is 54.7 Å². The quantitative estimate of drug-likeness (QED) is 0.679. The highest BCUT2D eigenvalue weighted by Crippen LogP contribution is 2.32. The van der Waals surface area contributed by atoms with E-state index in [1.165, 1.54) is 22.3 Å². The Hall–Kier alpha value is -1.82. The molecule has 0 heterocycles. The first-order valence-corrected chi connectivity index (χ1v) is 5.68. The van der Waals surface area contributed by atoms with Crippen molar-refractivity contribution < 1.29 is 0 Å². The molecule has 0 fully saturated rings. The Bertz CT molecular complexity index is 476. The van der Waals surface area contributed by atoms with Crippen molar-refractivity contribution in [1.82, 2.24) is 0 Å². The Balaban J connectivity index is 2.04. The van der Waals surface area contributed by atoms with Crippen molar-refractivity contribution in [3.05, 3.63) is 71.8 Å². The molecule has 0 bridgehead atoms. The molecule has 16 heavy (non-hydrogen) atoms. The zero-order valence-electron chi connectivity index (χ0n) is 9.11. The molecule has 0 atom stereocenters. The number of benzene rings is 1. The normalized spacial score (nSPS) is 17.8. The molecular formula is C16H13.